The number of hydrogen-bond acceptors (Lipinski definition) is 9. The fraction of sp³-hybridized carbons (Fsp3) is 0.308. The van der Waals surface area contributed by atoms with Crippen molar-refractivity contribution in [1.29, 1.82) is 0 Å². The van der Waals surface area contributed by atoms with Gasteiger partial charge in [0.2, 0.25) is 5.88 Å². The van der Waals surface area contributed by atoms with Gasteiger partial charge in [0.25, 0.3) is 11.1 Å². The zero-order valence-corrected chi connectivity index (χ0v) is 21.9. The molecule has 1 N–H and O–H groups in total. The molecule has 1 amide bonds. The highest BCUT2D eigenvalue weighted by Gasteiger charge is 2.22. The number of nitrogens with one attached hydrogen (secondary N) is 1. The summed E-state index contributed by atoms with van der Waals surface area (Å²) in [6, 6.07) is 8.08. The van der Waals surface area contributed by atoms with Gasteiger partial charge < -0.3 is 24.3 Å². The maximum Gasteiger partial charge on any atom is 0.343 e. The van der Waals surface area contributed by atoms with E-state index in [1.165, 1.54) is 43.6 Å². The number of amides is 1. The quantitative estimate of drug-likeness (QED) is 0.312. The number of carbonyl (C=O) groups is 2. The van der Waals surface area contributed by atoms with E-state index < -0.39 is 5.97 Å². The molecule has 2 aromatic heterocycles. The first-order valence-electron chi connectivity index (χ1n) is 11.6. The molecule has 194 valence electrons. The third-order valence-corrected chi connectivity index (χ3v) is 6.39. The van der Waals surface area contributed by atoms with Crippen LogP contribution in [0.3, 0.4) is 0 Å². The van der Waals surface area contributed by atoms with Crippen molar-refractivity contribution in [2.45, 2.75) is 25.8 Å². The molecule has 0 radical (unpaired) electrons. The van der Waals surface area contributed by atoms with Crippen molar-refractivity contribution in [2.24, 2.45) is 5.92 Å². The maximum atomic E-state index is 12.6. The summed E-state index contributed by atoms with van der Waals surface area (Å²) in [5.74, 6) is 1.18. The number of rotatable bonds is 12. The molecule has 1 aromatic carbocycles. The highest BCUT2D eigenvalue weighted by molar-refractivity contribution is 7.14. The fourth-order valence-corrected chi connectivity index (χ4v) is 3.94. The minimum Gasteiger partial charge on any atom is -0.493 e. The Hall–Kier alpha value is -3.63. The Labute approximate surface area is 223 Å². The number of hydrogen-bond donors (Lipinski definition) is 1. The summed E-state index contributed by atoms with van der Waals surface area (Å²) in [5, 5.41) is 3.77. The van der Waals surface area contributed by atoms with E-state index in [-0.39, 0.29) is 24.4 Å². The first kappa shape index (κ1) is 26.4. The standard InChI is InChI=1S/C26H26ClN3O6S/c1-16(30-25(32)18-9-10-28-23(11-18)35-15-24(31)33-2)3-7-20-13-29-26(37-20)36-22-8-6-19(12-21(22)27)34-14-17-4-5-17/h3,6-13,16-17H,4-5,14-15H2,1-2H3,(H,30,32)/t16-/m0/s1. The first-order chi connectivity index (χ1) is 17.9. The predicted molar refractivity (Wildman–Crippen MR) is 140 cm³/mol. The molecule has 1 saturated carbocycles. The van der Waals surface area contributed by atoms with Crippen molar-refractivity contribution in [1.82, 2.24) is 15.3 Å². The van der Waals surface area contributed by atoms with Crippen molar-refractivity contribution >= 4 is 40.9 Å². The van der Waals surface area contributed by atoms with Crippen molar-refractivity contribution in [3.8, 4) is 22.6 Å². The molecule has 0 unspecified atom stereocenters. The number of nitrogens with zero attached hydrogens (tertiary/aromatic N) is 2. The molecule has 1 atom stereocenters. The smallest absolute Gasteiger partial charge is 0.343 e. The summed E-state index contributed by atoms with van der Waals surface area (Å²) in [5.41, 5.74) is 0.351. The van der Waals surface area contributed by atoms with E-state index in [9.17, 15) is 9.59 Å². The molecule has 0 aliphatic heterocycles. The van der Waals surface area contributed by atoms with E-state index in [0.29, 0.717) is 34.1 Å². The molecule has 1 aliphatic rings. The van der Waals surface area contributed by atoms with E-state index >= 15 is 0 Å². The van der Waals surface area contributed by atoms with E-state index in [1.54, 1.807) is 24.4 Å². The second-order valence-corrected chi connectivity index (χ2v) is 9.78. The summed E-state index contributed by atoms with van der Waals surface area (Å²) in [6.07, 6.45) is 9.25. The summed E-state index contributed by atoms with van der Waals surface area (Å²) in [6.45, 7) is 2.27. The SMILES string of the molecule is COC(=O)COc1cc(C(=O)N[C@@H](C)C=Cc2cnc(Oc3ccc(OCC4CC4)cc3Cl)s2)ccn1. The van der Waals surface area contributed by atoms with Gasteiger partial charge in [-0.3, -0.25) is 4.79 Å². The maximum absolute atomic E-state index is 12.6. The van der Waals surface area contributed by atoms with Gasteiger partial charge in [0.05, 0.1) is 23.6 Å². The van der Waals surface area contributed by atoms with Crippen LogP contribution in [0, 0.1) is 5.92 Å². The number of halogens is 1. The molecule has 0 saturated heterocycles. The number of methoxy groups -OCH3 is 1. The second-order valence-electron chi connectivity index (χ2n) is 8.35. The van der Waals surface area contributed by atoms with Gasteiger partial charge in [0, 0.05) is 36.1 Å². The van der Waals surface area contributed by atoms with Crippen molar-refractivity contribution in [3.63, 3.8) is 0 Å². The van der Waals surface area contributed by atoms with Crippen LogP contribution in [0.25, 0.3) is 6.08 Å². The molecule has 3 aromatic rings. The van der Waals surface area contributed by atoms with Crippen molar-refractivity contribution in [3.05, 3.63) is 64.3 Å². The van der Waals surface area contributed by atoms with Crippen molar-refractivity contribution in [2.75, 3.05) is 20.3 Å². The van der Waals surface area contributed by atoms with E-state index in [4.69, 9.17) is 25.8 Å². The zero-order valence-electron chi connectivity index (χ0n) is 20.3. The van der Waals surface area contributed by atoms with E-state index in [2.05, 4.69) is 20.0 Å². The number of esters is 1. The molecule has 37 heavy (non-hydrogen) atoms. The van der Waals surface area contributed by atoms with Crippen LogP contribution in [0.2, 0.25) is 5.02 Å². The van der Waals surface area contributed by atoms with Crippen LogP contribution in [-0.2, 0) is 9.53 Å². The highest BCUT2D eigenvalue weighted by Crippen LogP contribution is 2.35. The Kier molecular flexibility index (Phi) is 8.97. The van der Waals surface area contributed by atoms with Gasteiger partial charge in [0.1, 0.15) is 11.5 Å². The van der Waals surface area contributed by atoms with Crippen LogP contribution < -0.4 is 19.5 Å². The Morgan fingerprint density at radius 2 is 2.05 bits per heavy atom. The van der Waals surface area contributed by atoms with Crippen LogP contribution >= 0.6 is 22.9 Å². The molecule has 0 spiro atoms. The molecule has 2 heterocycles. The third kappa shape index (κ3) is 8.19. The first-order valence-corrected chi connectivity index (χ1v) is 12.8. The van der Waals surface area contributed by atoms with Crippen LogP contribution in [0.5, 0.6) is 22.6 Å². The third-order valence-electron chi connectivity index (χ3n) is 5.26. The topological polar surface area (TPSA) is 109 Å². The second kappa shape index (κ2) is 12.6. The predicted octanol–water partition coefficient (Wildman–Crippen LogP) is 5.16. The monoisotopic (exact) mass is 543 g/mol. The number of thiazole rings is 1. The van der Waals surface area contributed by atoms with Crippen LogP contribution in [0.1, 0.15) is 35.0 Å². The number of pyridine rings is 1. The van der Waals surface area contributed by atoms with Crippen LogP contribution in [0.15, 0.2) is 48.8 Å². The highest BCUT2D eigenvalue weighted by atomic mass is 35.5. The molecule has 4 rings (SSSR count). The Balaban J connectivity index is 1.28. The molecular weight excluding hydrogens is 518 g/mol. The van der Waals surface area contributed by atoms with Crippen LogP contribution in [0.4, 0.5) is 0 Å². The summed E-state index contributed by atoms with van der Waals surface area (Å²) < 4.78 is 21.3. The lowest BCUT2D eigenvalue weighted by Gasteiger charge is -2.10. The Morgan fingerprint density at radius 1 is 1.22 bits per heavy atom. The normalized spacial score (nSPS) is 13.7. The van der Waals surface area contributed by atoms with Crippen molar-refractivity contribution < 1.29 is 28.5 Å². The summed E-state index contributed by atoms with van der Waals surface area (Å²) >= 11 is 7.70. The summed E-state index contributed by atoms with van der Waals surface area (Å²) in [7, 11) is 1.26. The van der Waals surface area contributed by atoms with Gasteiger partial charge in [-0.05, 0) is 50.0 Å². The molecule has 11 heteroatoms. The number of carbonyl (C=O) groups excluding carboxylic acids is 2. The number of benzene rings is 1. The zero-order chi connectivity index (χ0) is 26.2. The lowest BCUT2D eigenvalue weighted by atomic mass is 10.2. The van der Waals surface area contributed by atoms with Crippen LogP contribution in [-0.4, -0.2) is 48.2 Å². The largest absolute Gasteiger partial charge is 0.493 e. The lowest BCUT2D eigenvalue weighted by Crippen LogP contribution is -2.31. The van der Waals surface area contributed by atoms with Gasteiger partial charge in [0.15, 0.2) is 6.61 Å². The molecule has 9 nitrogen and oxygen atoms in total. The summed E-state index contributed by atoms with van der Waals surface area (Å²) in [4.78, 5) is 32.9. The average molecular weight is 544 g/mol. The molecular formula is C26H26ClN3O6S. The minimum atomic E-state index is -0.540. The Morgan fingerprint density at radius 3 is 2.81 bits per heavy atom. The average Bonchev–Trinajstić information content (AvgIpc) is 3.63. The van der Waals surface area contributed by atoms with Gasteiger partial charge in [-0.25, -0.2) is 14.8 Å². The van der Waals surface area contributed by atoms with E-state index in [0.717, 1.165) is 10.6 Å². The molecule has 1 aliphatic carbocycles. The molecule has 0 bridgehead atoms. The van der Waals surface area contributed by atoms with Gasteiger partial charge in [-0.15, -0.1) is 0 Å². The van der Waals surface area contributed by atoms with Gasteiger partial charge >= 0.3 is 5.97 Å². The lowest BCUT2D eigenvalue weighted by molar-refractivity contribution is -0.143. The molecule has 1 fully saturated rings. The van der Waals surface area contributed by atoms with Gasteiger partial charge in [-0.2, -0.15) is 0 Å². The van der Waals surface area contributed by atoms with E-state index in [1.807, 2.05) is 25.1 Å². The number of aromatic nitrogens is 2. The minimum absolute atomic E-state index is 0.152. The number of ether oxygens (including phenoxy) is 4. The fourth-order valence-electron chi connectivity index (χ4n) is 3.04. The Bertz CT molecular complexity index is 1280. The van der Waals surface area contributed by atoms with Gasteiger partial charge in [-0.1, -0.05) is 29.0 Å².